The first-order valence-corrected chi connectivity index (χ1v) is 11.3. The van der Waals surface area contributed by atoms with Crippen LogP contribution in [0.5, 0.6) is 0 Å². The molecular weight excluding hydrogens is 433 g/mol. The average molecular weight is 458 g/mol. The first-order valence-electron chi connectivity index (χ1n) is 11.3. The molecule has 1 aliphatic carbocycles. The number of anilines is 1. The van der Waals surface area contributed by atoms with Gasteiger partial charge in [0.25, 0.3) is 5.91 Å². The maximum Gasteiger partial charge on any atom is 0.433 e. The quantitative estimate of drug-likeness (QED) is 0.520. The number of carbonyl (C=O) groups excluding carboxylic acids is 1. The fourth-order valence-corrected chi connectivity index (χ4v) is 4.50. The Hall–Kier alpha value is -3.10. The van der Waals surface area contributed by atoms with Gasteiger partial charge in [-0.2, -0.15) is 13.2 Å². The van der Waals surface area contributed by atoms with E-state index in [2.05, 4.69) is 14.9 Å². The van der Waals surface area contributed by atoms with Crippen LogP contribution in [-0.4, -0.2) is 47.0 Å². The van der Waals surface area contributed by atoms with Gasteiger partial charge in [0.15, 0.2) is 5.76 Å². The Labute approximate surface area is 189 Å². The molecule has 3 aromatic heterocycles. The molecule has 33 heavy (non-hydrogen) atoms. The SMILES string of the molecule is O=C(c1ccco1)N(CC1CC1)CC1CCN(c2nccc3nc(C(F)(F)F)ccc23)CC1. The van der Waals surface area contributed by atoms with Gasteiger partial charge >= 0.3 is 6.18 Å². The van der Waals surface area contributed by atoms with E-state index in [1.54, 1.807) is 12.1 Å². The molecular formula is C24H25F3N4O2. The van der Waals surface area contributed by atoms with Gasteiger partial charge in [-0.3, -0.25) is 4.79 Å². The molecule has 2 fully saturated rings. The summed E-state index contributed by atoms with van der Waals surface area (Å²) in [6.07, 6.45) is 2.63. The topological polar surface area (TPSA) is 62.5 Å². The van der Waals surface area contributed by atoms with Crippen LogP contribution < -0.4 is 4.90 Å². The number of pyridine rings is 2. The Balaban J connectivity index is 1.26. The van der Waals surface area contributed by atoms with E-state index in [0.29, 0.717) is 35.3 Å². The van der Waals surface area contributed by atoms with Crippen molar-refractivity contribution in [3.8, 4) is 0 Å². The number of carbonyl (C=O) groups is 1. The molecule has 9 heteroatoms. The summed E-state index contributed by atoms with van der Waals surface area (Å²) in [4.78, 5) is 25.2. The number of amides is 1. The fourth-order valence-electron chi connectivity index (χ4n) is 4.50. The summed E-state index contributed by atoms with van der Waals surface area (Å²) in [7, 11) is 0. The third-order valence-electron chi connectivity index (χ3n) is 6.47. The predicted molar refractivity (Wildman–Crippen MR) is 117 cm³/mol. The van der Waals surface area contributed by atoms with Crippen LogP contribution in [0.2, 0.25) is 0 Å². The van der Waals surface area contributed by atoms with E-state index in [1.807, 2.05) is 4.90 Å². The van der Waals surface area contributed by atoms with E-state index in [1.165, 1.54) is 24.6 Å². The lowest BCUT2D eigenvalue weighted by Crippen LogP contribution is -2.42. The maximum atomic E-state index is 13.0. The lowest BCUT2D eigenvalue weighted by molar-refractivity contribution is -0.140. The summed E-state index contributed by atoms with van der Waals surface area (Å²) in [6.45, 7) is 2.90. The first kappa shape index (κ1) is 21.7. The second kappa shape index (κ2) is 8.68. The number of fused-ring (bicyclic) bond motifs is 1. The van der Waals surface area contributed by atoms with E-state index in [0.717, 1.165) is 51.4 Å². The summed E-state index contributed by atoms with van der Waals surface area (Å²) in [6, 6.07) is 7.41. The van der Waals surface area contributed by atoms with Crippen molar-refractivity contribution in [3.63, 3.8) is 0 Å². The molecule has 1 amide bonds. The number of aromatic nitrogens is 2. The minimum atomic E-state index is -4.48. The molecule has 0 aromatic carbocycles. The van der Waals surface area contributed by atoms with Crippen molar-refractivity contribution in [2.24, 2.45) is 11.8 Å². The first-order chi connectivity index (χ1) is 15.9. The van der Waals surface area contributed by atoms with Gasteiger partial charge in [0.05, 0.1) is 11.8 Å². The van der Waals surface area contributed by atoms with Crippen molar-refractivity contribution in [3.05, 3.63) is 54.2 Å². The van der Waals surface area contributed by atoms with E-state index in [4.69, 9.17) is 4.42 Å². The molecule has 3 aromatic rings. The van der Waals surface area contributed by atoms with Gasteiger partial charge in [-0.15, -0.1) is 0 Å². The molecule has 1 saturated carbocycles. The summed E-state index contributed by atoms with van der Waals surface area (Å²) in [5.41, 5.74) is -0.612. The van der Waals surface area contributed by atoms with Crippen molar-refractivity contribution in [2.45, 2.75) is 31.9 Å². The minimum Gasteiger partial charge on any atom is -0.459 e. The summed E-state index contributed by atoms with van der Waals surface area (Å²) >= 11 is 0. The fraction of sp³-hybridized carbons (Fsp3) is 0.458. The number of alkyl halides is 3. The normalized spacial score (nSPS) is 17.5. The number of furan rings is 1. The van der Waals surface area contributed by atoms with E-state index >= 15 is 0 Å². The number of halogens is 3. The van der Waals surface area contributed by atoms with Crippen LogP contribution in [-0.2, 0) is 6.18 Å². The molecule has 0 bridgehead atoms. The van der Waals surface area contributed by atoms with Crippen molar-refractivity contribution in [1.29, 1.82) is 0 Å². The number of hydrogen-bond donors (Lipinski definition) is 0. The molecule has 0 radical (unpaired) electrons. The van der Waals surface area contributed by atoms with Gasteiger partial charge in [-0.1, -0.05) is 0 Å². The average Bonchev–Trinajstić information content (AvgIpc) is 3.46. The summed E-state index contributed by atoms with van der Waals surface area (Å²) < 4.78 is 44.4. The summed E-state index contributed by atoms with van der Waals surface area (Å²) in [5, 5.41) is 0.618. The van der Waals surface area contributed by atoms with Crippen molar-refractivity contribution in [2.75, 3.05) is 31.1 Å². The van der Waals surface area contributed by atoms with Crippen LogP contribution in [0.1, 0.15) is 41.9 Å². The third-order valence-corrected chi connectivity index (χ3v) is 6.47. The van der Waals surface area contributed by atoms with Crippen LogP contribution in [0.3, 0.4) is 0 Å². The predicted octanol–water partition coefficient (Wildman–Crippen LogP) is 5.01. The van der Waals surface area contributed by atoms with Crippen molar-refractivity contribution >= 4 is 22.6 Å². The zero-order valence-electron chi connectivity index (χ0n) is 18.1. The highest BCUT2D eigenvalue weighted by Gasteiger charge is 2.33. The Morgan fingerprint density at radius 2 is 1.79 bits per heavy atom. The number of piperidine rings is 1. The van der Waals surface area contributed by atoms with E-state index in [9.17, 15) is 18.0 Å². The van der Waals surface area contributed by atoms with Crippen molar-refractivity contribution < 1.29 is 22.4 Å². The van der Waals surface area contributed by atoms with Crippen LogP contribution in [0, 0.1) is 11.8 Å². The Bertz CT molecular complexity index is 1120. The minimum absolute atomic E-state index is 0.0587. The molecule has 0 atom stereocenters. The van der Waals surface area contributed by atoms with Crippen LogP contribution >= 0.6 is 0 Å². The highest BCUT2D eigenvalue weighted by Crippen LogP contribution is 2.34. The second-order valence-electron chi connectivity index (χ2n) is 8.96. The lowest BCUT2D eigenvalue weighted by Gasteiger charge is -2.35. The molecule has 4 heterocycles. The molecule has 1 saturated heterocycles. The Morgan fingerprint density at radius 3 is 2.42 bits per heavy atom. The Morgan fingerprint density at radius 1 is 1.06 bits per heavy atom. The van der Waals surface area contributed by atoms with E-state index in [-0.39, 0.29) is 11.4 Å². The highest BCUT2D eigenvalue weighted by atomic mass is 19.4. The van der Waals surface area contributed by atoms with Gasteiger partial charge in [-0.25, -0.2) is 9.97 Å². The van der Waals surface area contributed by atoms with Gasteiger partial charge in [-0.05, 0) is 67.9 Å². The van der Waals surface area contributed by atoms with Gasteiger partial charge in [0, 0.05) is 37.8 Å². The third kappa shape index (κ3) is 4.82. The molecule has 0 N–H and O–H groups in total. The largest absolute Gasteiger partial charge is 0.459 e. The highest BCUT2D eigenvalue weighted by molar-refractivity contribution is 5.91. The molecule has 0 spiro atoms. The zero-order chi connectivity index (χ0) is 23.0. The molecule has 5 rings (SSSR count). The number of nitrogens with zero attached hydrogens (tertiary/aromatic N) is 4. The maximum absolute atomic E-state index is 13.0. The van der Waals surface area contributed by atoms with Crippen molar-refractivity contribution in [1.82, 2.24) is 14.9 Å². The molecule has 1 aliphatic heterocycles. The summed E-state index contributed by atoms with van der Waals surface area (Å²) in [5.74, 6) is 1.91. The second-order valence-corrected chi connectivity index (χ2v) is 8.96. The van der Waals surface area contributed by atoms with Gasteiger partial charge < -0.3 is 14.2 Å². The van der Waals surface area contributed by atoms with E-state index < -0.39 is 11.9 Å². The molecule has 2 aliphatic rings. The standard InChI is InChI=1S/C24H25F3N4O2/c25-24(26,27)21-6-5-18-19(29-21)7-10-28-22(18)30-11-8-17(9-12-30)15-31(14-16-3-4-16)23(32)20-2-1-13-33-20/h1-2,5-7,10,13,16-17H,3-4,8-9,11-12,14-15H2. The molecule has 6 nitrogen and oxygen atoms in total. The lowest BCUT2D eigenvalue weighted by atomic mass is 9.95. The smallest absolute Gasteiger partial charge is 0.433 e. The van der Waals surface area contributed by atoms with Crippen LogP contribution in [0.4, 0.5) is 19.0 Å². The number of rotatable bonds is 6. The van der Waals surface area contributed by atoms with Crippen LogP contribution in [0.25, 0.3) is 10.9 Å². The van der Waals surface area contributed by atoms with Gasteiger partial charge in [0.2, 0.25) is 0 Å². The van der Waals surface area contributed by atoms with Crippen LogP contribution in [0.15, 0.2) is 47.2 Å². The van der Waals surface area contributed by atoms with Gasteiger partial charge in [0.1, 0.15) is 11.5 Å². The monoisotopic (exact) mass is 458 g/mol. The molecule has 174 valence electrons. The zero-order valence-corrected chi connectivity index (χ0v) is 18.1. The number of hydrogen-bond acceptors (Lipinski definition) is 5. The molecule has 0 unspecified atom stereocenters. The Kier molecular flexibility index (Phi) is 5.72.